The predicted octanol–water partition coefficient (Wildman–Crippen LogP) is 3.16. The molecule has 1 N–H and O–H groups in total. The Bertz CT molecular complexity index is 567. The molecule has 1 aliphatic heterocycles. The predicted molar refractivity (Wildman–Crippen MR) is 80.2 cm³/mol. The number of para-hydroxylation sites is 1. The minimum absolute atomic E-state index is 0.500. The highest BCUT2D eigenvalue weighted by Gasteiger charge is 2.37. The maximum absolute atomic E-state index is 12.1. The van der Waals surface area contributed by atoms with Crippen molar-refractivity contribution in [2.45, 2.75) is 25.8 Å². The molecule has 2 atom stereocenters. The van der Waals surface area contributed by atoms with Crippen molar-refractivity contribution in [1.29, 1.82) is 0 Å². The van der Waals surface area contributed by atoms with Gasteiger partial charge in [0.2, 0.25) is 0 Å². The lowest BCUT2D eigenvalue weighted by Gasteiger charge is -2.35. The van der Waals surface area contributed by atoms with Crippen LogP contribution in [0.15, 0.2) is 30.3 Å². The number of carboxylic acids is 1. The van der Waals surface area contributed by atoms with Crippen molar-refractivity contribution in [1.82, 2.24) is 0 Å². The van der Waals surface area contributed by atoms with E-state index in [-0.39, 0.29) is 0 Å². The van der Waals surface area contributed by atoms with Gasteiger partial charge in [0.05, 0.1) is 24.8 Å². The standard InChI is InChI=1S/C16H19NO4/c1-3-6-12(15(18)19)14-10-9-11-7-4-5-8-13(11)17(14)16(20)21-2/h4-5,7-10,12,14H,3,6H2,1-2H3,(H,18,19). The summed E-state index contributed by atoms with van der Waals surface area (Å²) in [6, 6.07) is 6.84. The van der Waals surface area contributed by atoms with Crippen molar-refractivity contribution in [2.24, 2.45) is 5.92 Å². The van der Waals surface area contributed by atoms with Gasteiger partial charge in [-0.05, 0) is 18.1 Å². The Morgan fingerprint density at radius 1 is 1.38 bits per heavy atom. The first-order chi connectivity index (χ1) is 10.1. The molecule has 0 saturated heterocycles. The van der Waals surface area contributed by atoms with Crippen LogP contribution in [0.1, 0.15) is 25.3 Å². The summed E-state index contributed by atoms with van der Waals surface area (Å²) in [5, 5.41) is 9.46. The van der Waals surface area contributed by atoms with Crippen LogP contribution in [-0.4, -0.2) is 30.3 Å². The summed E-state index contributed by atoms with van der Waals surface area (Å²) in [5.41, 5.74) is 1.55. The third kappa shape index (κ3) is 2.91. The first kappa shape index (κ1) is 15.1. The molecule has 0 spiro atoms. The second-order valence-electron chi connectivity index (χ2n) is 4.98. The molecule has 0 aromatic heterocycles. The zero-order chi connectivity index (χ0) is 15.4. The second kappa shape index (κ2) is 6.43. The van der Waals surface area contributed by atoms with Crippen LogP contribution in [0.5, 0.6) is 0 Å². The van der Waals surface area contributed by atoms with E-state index < -0.39 is 24.0 Å². The maximum Gasteiger partial charge on any atom is 0.414 e. The molecule has 2 rings (SSSR count). The minimum atomic E-state index is -0.903. The summed E-state index contributed by atoms with van der Waals surface area (Å²) in [5.74, 6) is -1.56. The molecule has 5 heteroatoms. The zero-order valence-electron chi connectivity index (χ0n) is 12.2. The number of hydrogen-bond donors (Lipinski definition) is 1. The van der Waals surface area contributed by atoms with Crippen LogP contribution in [0.3, 0.4) is 0 Å². The SMILES string of the molecule is CCCC(C(=O)O)C1C=Cc2ccccc2N1C(=O)OC. The summed E-state index contributed by atoms with van der Waals surface area (Å²) in [6.45, 7) is 1.93. The van der Waals surface area contributed by atoms with Crippen molar-refractivity contribution in [3.63, 3.8) is 0 Å². The molecule has 1 aliphatic rings. The first-order valence-corrected chi connectivity index (χ1v) is 6.97. The largest absolute Gasteiger partial charge is 0.481 e. The second-order valence-corrected chi connectivity index (χ2v) is 4.98. The van der Waals surface area contributed by atoms with Crippen molar-refractivity contribution in [3.8, 4) is 0 Å². The Hall–Kier alpha value is -2.30. The third-order valence-corrected chi connectivity index (χ3v) is 3.67. The van der Waals surface area contributed by atoms with Gasteiger partial charge in [0, 0.05) is 0 Å². The van der Waals surface area contributed by atoms with E-state index >= 15 is 0 Å². The molecule has 0 radical (unpaired) electrons. The summed E-state index contributed by atoms with van der Waals surface area (Å²) in [7, 11) is 1.30. The Morgan fingerprint density at radius 3 is 2.71 bits per heavy atom. The fourth-order valence-electron chi connectivity index (χ4n) is 2.68. The van der Waals surface area contributed by atoms with Gasteiger partial charge in [-0.25, -0.2) is 4.79 Å². The number of aliphatic carboxylic acids is 1. The number of rotatable bonds is 4. The molecule has 5 nitrogen and oxygen atoms in total. The molecular formula is C16H19NO4. The molecule has 21 heavy (non-hydrogen) atoms. The van der Waals surface area contributed by atoms with Gasteiger partial charge in [-0.3, -0.25) is 9.69 Å². The lowest BCUT2D eigenvalue weighted by atomic mass is 9.90. The third-order valence-electron chi connectivity index (χ3n) is 3.67. The van der Waals surface area contributed by atoms with Crippen LogP contribution < -0.4 is 4.90 Å². The number of anilines is 1. The van der Waals surface area contributed by atoms with Crippen LogP contribution in [0, 0.1) is 5.92 Å². The minimum Gasteiger partial charge on any atom is -0.481 e. The van der Waals surface area contributed by atoms with Crippen molar-refractivity contribution in [2.75, 3.05) is 12.0 Å². The van der Waals surface area contributed by atoms with E-state index in [0.29, 0.717) is 12.1 Å². The lowest BCUT2D eigenvalue weighted by molar-refractivity contribution is -0.142. The monoisotopic (exact) mass is 289 g/mol. The summed E-state index contributed by atoms with van der Waals surface area (Å²) >= 11 is 0. The number of methoxy groups -OCH3 is 1. The van der Waals surface area contributed by atoms with E-state index in [1.165, 1.54) is 12.0 Å². The molecule has 2 unspecified atom stereocenters. The van der Waals surface area contributed by atoms with Crippen LogP contribution in [0.4, 0.5) is 10.5 Å². The Morgan fingerprint density at radius 2 is 2.10 bits per heavy atom. The van der Waals surface area contributed by atoms with Crippen LogP contribution in [0.2, 0.25) is 0 Å². The fraction of sp³-hybridized carbons (Fsp3) is 0.375. The fourth-order valence-corrected chi connectivity index (χ4v) is 2.68. The molecule has 0 fully saturated rings. The van der Waals surface area contributed by atoms with Crippen molar-refractivity contribution in [3.05, 3.63) is 35.9 Å². The summed E-state index contributed by atoms with van der Waals surface area (Å²) < 4.78 is 4.85. The van der Waals surface area contributed by atoms with E-state index in [2.05, 4.69) is 0 Å². The first-order valence-electron chi connectivity index (χ1n) is 6.97. The molecule has 1 aromatic rings. The number of carboxylic acid groups (broad SMARTS) is 1. The molecule has 0 bridgehead atoms. The van der Waals surface area contributed by atoms with Gasteiger partial charge in [0.15, 0.2) is 0 Å². The molecule has 1 aromatic carbocycles. The Kier molecular flexibility index (Phi) is 4.62. The van der Waals surface area contributed by atoms with Gasteiger partial charge >= 0.3 is 12.1 Å². The molecular weight excluding hydrogens is 270 g/mol. The highest BCUT2D eigenvalue weighted by molar-refractivity contribution is 5.94. The normalized spacial score (nSPS) is 18.0. The summed E-state index contributed by atoms with van der Waals surface area (Å²) in [4.78, 5) is 25.1. The van der Waals surface area contributed by atoms with Crippen LogP contribution in [-0.2, 0) is 9.53 Å². The van der Waals surface area contributed by atoms with E-state index in [9.17, 15) is 14.7 Å². The average molecular weight is 289 g/mol. The van der Waals surface area contributed by atoms with Gasteiger partial charge < -0.3 is 9.84 Å². The highest BCUT2D eigenvalue weighted by Crippen LogP contribution is 2.33. The quantitative estimate of drug-likeness (QED) is 0.924. The number of benzene rings is 1. The van der Waals surface area contributed by atoms with Gasteiger partial charge in [-0.2, -0.15) is 0 Å². The van der Waals surface area contributed by atoms with Gasteiger partial charge in [-0.15, -0.1) is 0 Å². The number of ether oxygens (including phenoxy) is 1. The van der Waals surface area contributed by atoms with Gasteiger partial charge in [0.25, 0.3) is 0 Å². The number of nitrogens with zero attached hydrogens (tertiary/aromatic N) is 1. The van der Waals surface area contributed by atoms with E-state index in [1.807, 2.05) is 31.2 Å². The molecule has 1 amide bonds. The molecule has 0 saturated carbocycles. The van der Waals surface area contributed by atoms with Crippen LogP contribution in [0.25, 0.3) is 6.08 Å². The van der Waals surface area contributed by atoms with Crippen LogP contribution >= 0.6 is 0 Å². The maximum atomic E-state index is 12.1. The number of carbonyl (C=O) groups is 2. The lowest BCUT2D eigenvalue weighted by Crippen LogP contribution is -2.47. The number of amides is 1. The molecule has 1 heterocycles. The number of hydrogen-bond acceptors (Lipinski definition) is 3. The number of fused-ring (bicyclic) bond motifs is 1. The topological polar surface area (TPSA) is 66.8 Å². The number of carbonyl (C=O) groups excluding carboxylic acids is 1. The average Bonchev–Trinajstić information content (AvgIpc) is 2.50. The van der Waals surface area contributed by atoms with E-state index in [0.717, 1.165) is 12.0 Å². The highest BCUT2D eigenvalue weighted by atomic mass is 16.5. The van der Waals surface area contributed by atoms with E-state index in [4.69, 9.17) is 4.74 Å². The van der Waals surface area contributed by atoms with Gasteiger partial charge in [-0.1, -0.05) is 43.7 Å². The Balaban J connectivity index is 2.46. The molecule has 112 valence electrons. The van der Waals surface area contributed by atoms with E-state index in [1.54, 1.807) is 12.1 Å². The van der Waals surface area contributed by atoms with Crippen molar-refractivity contribution >= 4 is 23.8 Å². The Labute approximate surface area is 123 Å². The molecule has 0 aliphatic carbocycles. The van der Waals surface area contributed by atoms with Crippen molar-refractivity contribution < 1.29 is 19.4 Å². The zero-order valence-corrected chi connectivity index (χ0v) is 12.2. The summed E-state index contributed by atoms with van der Waals surface area (Å²) in [6.07, 6.45) is 4.33. The smallest absolute Gasteiger partial charge is 0.414 e. The van der Waals surface area contributed by atoms with Gasteiger partial charge in [0.1, 0.15) is 0 Å².